The Morgan fingerprint density at radius 3 is 3.12 bits per heavy atom. The quantitative estimate of drug-likeness (QED) is 0.749. The number of nitrogens with zero attached hydrogens (tertiary/aromatic N) is 2. The van der Waals surface area contributed by atoms with Gasteiger partial charge < -0.3 is 11.1 Å². The number of nitrogens with two attached hydrogens (primary N) is 1. The Kier molecular flexibility index (Phi) is 3.50. The van der Waals surface area contributed by atoms with Crippen LogP contribution in [0.5, 0.6) is 0 Å². The molecule has 6 nitrogen and oxygen atoms in total. The number of carbonyl (C=O) groups excluding carboxylic acids is 1. The number of aromatic amines is 1. The standard InChI is InChI=1S/C10H13N5OS/c1-6(11)10-15-8(5-17-10)9(16)12-2-7-3-13-14-4-7/h3-6H,2,11H2,1H3,(H,12,16)(H,13,14). The fraction of sp³-hybridized carbons (Fsp3) is 0.300. The average molecular weight is 251 g/mol. The molecule has 0 aliphatic carbocycles. The summed E-state index contributed by atoms with van der Waals surface area (Å²) in [5.41, 5.74) is 7.01. The summed E-state index contributed by atoms with van der Waals surface area (Å²) in [5.74, 6) is -0.200. The van der Waals surface area contributed by atoms with E-state index in [0.717, 1.165) is 10.6 Å². The van der Waals surface area contributed by atoms with Crippen LogP contribution in [0.4, 0.5) is 0 Å². The maximum atomic E-state index is 11.7. The van der Waals surface area contributed by atoms with Crippen molar-refractivity contribution in [2.75, 3.05) is 0 Å². The Balaban J connectivity index is 1.95. The Hall–Kier alpha value is -1.73. The first kappa shape index (κ1) is 11.7. The molecule has 1 unspecified atom stereocenters. The first-order valence-electron chi connectivity index (χ1n) is 5.13. The van der Waals surface area contributed by atoms with Gasteiger partial charge in [-0.2, -0.15) is 5.10 Å². The average Bonchev–Trinajstić information content (AvgIpc) is 2.96. The second-order valence-corrected chi connectivity index (χ2v) is 4.54. The van der Waals surface area contributed by atoms with Crippen molar-refractivity contribution in [2.24, 2.45) is 5.73 Å². The van der Waals surface area contributed by atoms with E-state index >= 15 is 0 Å². The first-order chi connectivity index (χ1) is 8.16. The highest BCUT2D eigenvalue weighted by atomic mass is 32.1. The maximum absolute atomic E-state index is 11.7. The SMILES string of the molecule is CC(N)c1nc(C(=O)NCc2cn[nH]c2)cs1. The minimum Gasteiger partial charge on any atom is -0.346 e. The van der Waals surface area contributed by atoms with Crippen LogP contribution in [0.1, 0.15) is 34.0 Å². The van der Waals surface area contributed by atoms with Crippen LogP contribution >= 0.6 is 11.3 Å². The highest BCUT2D eigenvalue weighted by molar-refractivity contribution is 7.09. The number of amides is 1. The van der Waals surface area contributed by atoms with Crippen LogP contribution in [0.15, 0.2) is 17.8 Å². The summed E-state index contributed by atoms with van der Waals surface area (Å²) in [6, 6.07) is -0.143. The predicted octanol–water partition coefficient (Wildman–Crippen LogP) is 0.816. The third-order valence-electron chi connectivity index (χ3n) is 2.15. The van der Waals surface area contributed by atoms with Gasteiger partial charge in [0.2, 0.25) is 0 Å². The third-order valence-corrected chi connectivity index (χ3v) is 3.20. The minimum atomic E-state index is -0.200. The second-order valence-electron chi connectivity index (χ2n) is 3.65. The van der Waals surface area contributed by atoms with E-state index in [2.05, 4.69) is 20.5 Å². The number of carbonyl (C=O) groups is 1. The lowest BCUT2D eigenvalue weighted by molar-refractivity contribution is 0.0946. The van der Waals surface area contributed by atoms with Crippen molar-refractivity contribution in [1.29, 1.82) is 0 Å². The molecular formula is C10H13N5OS. The molecule has 0 bridgehead atoms. The van der Waals surface area contributed by atoms with Gasteiger partial charge in [-0.3, -0.25) is 9.89 Å². The zero-order chi connectivity index (χ0) is 12.3. The summed E-state index contributed by atoms with van der Waals surface area (Å²) in [5, 5.41) is 11.7. The van der Waals surface area contributed by atoms with Crippen molar-refractivity contribution < 1.29 is 4.79 Å². The number of aromatic nitrogens is 3. The molecular weight excluding hydrogens is 238 g/mol. The number of rotatable bonds is 4. The van der Waals surface area contributed by atoms with Crippen LogP contribution in [-0.4, -0.2) is 21.1 Å². The van der Waals surface area contributed by atoms with Crippen molar-refractivity contribution in [2.45, 2.75) is 19.5 Å². The van der Waals surface area contributed by atoms with E-state index in [1.807, 2.05) is 6.92 Å². The molecule has 0 saturated heterocycles. The Labute approximate surface area is 102 Å². The van der Waals surface area contributed by atoms with Gasteiger partial charge >= 0.3 is 0 Å². The van der Waals surface area contributed by atoms with E-state index in [-0.39, 0.29) is 11.9 Å². The molecule has 2 heterocycles. The van der Waals surface area contributed by atoms with Crippen LogP contribution in [0, 0.1) is 0 Å². The molecule has 4 N–H and O–H groups in total. The molecule has 1 amide bonds. The lowest BCUT2D eigenvalue weighted by Gasteiger charge is -2.00. The van der Waals surface area contributed by atoms with E-state index in [9.17, 15) is 4.79 Å². The number of H-pyrrole nitrogens is 1. The van der Waals surface area contributed by atoms with Crippen LogP contribution in [0.2, 0.25) is 0 Å². The minimum absolute atomic E-state index is 0.143. The highest BCUT2D eigenvalue weighted by Crippen LogP contribution is 2.15. The Morgan fingerprint density at radius 1 is 1.71 bits per heavy atom. The lowest BCUT2D eigenvalue weighted by Crippen LogP contribution is -2.23. The molecule has 7 heteroatoms. The molecule has 0 aromatic carbocycles. The van der Waals surface area contributed by atoms with Gasteiger partial charge in [-0.15, -0.1) is 11.3 Å². The zero-order valence-electron chi connectivity index (χ0n) is 9.30. The number of thiazole rings is 1. The fourth-order valence-electron chi connectivity index (χ4n) is 1.25. The van der Waals surface area contributed by atoms with Gasteiger partial charge in [0, 0.05) is 23.7 Å². The van der Waals surface area contributed by atoms with Gasteiger partial charge in [-0.05, 0) is 6.92 Å². The summed E-state index contributed by atoms with van der Waals surface area (Å²) in [6.45, 7) is 2.27. The molecule has 0 fully saturated rings. The van der Waals surface area contributed by atoms with Crippen molar-refractivity contribution in [3.05, 3.63) is 34.0 Å². The first-order valence-corrected chi connectivity index (χ1v) is 6.01. The van der Waals surface area contributed by atoms with Crippen molar-refractivity contribution in [1.82, 2.24) is 20.5 Å². The van der Waals surface area contributed by atoms with Crippen molar-refractivity contribution in [3.8, 4) is 0 Å². The van der Waals surface area contributed by atoms with Crippen molar-refractivity contribution >= 4 is 17.2 Å². The van der Waals surface area contributed by atoms with E-state index in [4.69, 9.17) is 5.73 Å². The van der Waals surface area contributed by atoms with E-state index in [1.165, 1.54) is 11.3 Å². The summed E-state index contributed by atoms with van der Waals surface area (Å²) in [7, 11) is 0. The van der Waals surface area contributed by atoms with Crippen LogP contribution in [0.3, 0.4) is 0 Å². The van der Waals surface area contributed by atoms with Gasteiger partial charge in [0.05, 0.1) is 12.2 Å². The maximum Gasteiger partial charge on any atom is 0.271 e. The summed E-state index contributed by atoms with van der Waals surface area (Å²) in [6.07, 6.45) is 3.39. The van der Waals surface area contributed by atoms with Crippen LogP contribution in [-0.2, 0) is 6.54 Å². The molecule has 0 spiro atoms. The largest absolute Gasteiger partial charge is 0.346 e. The summed E-state index contributed by atoms with van der Waals surface area (Å²) < 4.78 is 0. The molecule has 0 aliphatic rings. The van der Waals surface area contributed by atoms with Gasteiger partial charge in [-0.1, -0.05) is 0 Å². The molecule has 1 atom stereocenters. The summed E-state index contributed by atoms with van der Waals surface area (Å²) in [4.78, 5) is 15.9. The normalized spacial score (nSPS) is 12.4. The molecule has 2 aromatic rings. The van der Waals surface area contributed by atoms with E-state index in [0.29, 0.717) is 12.2 Å². The number of hydrogen-bond acceptors (Lipinski definition) is 5. The van der Waals surface area contributed by atoms with Gasteiger partial charge in [0.1, 0.15) is 10.7 Å². The molecule has 17 heavy (non-hydrogen) atoms. The molecule has 0 saturated carbocycles. The fourth-order valence-corrected chi connectivity index (χ4v) is 2.01. The molecule has 90 valence electrons. The molecule has 2 aromatic heterocycles. The number of nitrogens with one attached hydrogen (secondary N) is 2. The smallest absolute Gasteiger partial charge is 0.271 e. The lowest BCUT2D eigenvalue weighted by atomic mass is 10.3. The number of hydrogen-bond donors (Lipinski definition) is 3. The topological polar surface area (TPSA) is 96.7 Å². The predicted molar refractivity (Wildman–Crippen MR) is 64.5 cm³/mol. The monoisotopic (exact) mass is 251 g/mol. The van der Waals surface area contributed by atoms with Gasteiger partial charge in [0.25, 0.3) is 5.91 Å². The Morgan fingerprint density at radius 2 is 2.53 bits per heavy atom. The zero-order valence-corrected chi connectivity index (χ0v) is 10.1. The highest BCUT2D eigenvalue weighted by Gasteiger charge is 2.12. The second kappa shape index (κ2) is 5.07. The molecule has 0 radical (unpaired) electrons. The van der Waals surface area contributed by atoms with Crippen LogP contribution < -0.4 is 11.1 Å². The van der Waals surface area contributed by atoms with Crippen molar-refractivity contribution in [3.63, 3.8) is 0 Å². The summed E-state index contributed by atoms with van der Waals surface area (Å²) >= 11 is 1.39. The van der Waals surface area contributed by atoms with Gasteiger partial charge in [-0.25, -0.2) is 4.98 Å². The van der Waals surface area contributed by atoms with E-state index in [1.54, 1.807) is 17.8 Å². The van der Waals surface area contributed by atoms with Gasteiger partial charge in [0.15, 0.2) is 0 Å². The Bertz CT molecular complexity index is 491. The molecule has 2 rings (SSSR count). The molecule has 0 aliphatic heterocycles. The van der Waals surface area contributed by atoms with E-state index < -0.39 is 0 Å². The third kappa shape index (κ3) is 2.89. The van der Waals surface area contributed by atoms with Crippen LogP contribution in [0.25, 0.3) is 0 Å².